The summed E-state index contributed by atoms with van der Waals surface area (Å²) in [6.07, 6.45) is 19.7. The monoisotopic (exact) mass is 726 g/mol. The molecule has 0 aromatic rings. The van der Waals surface area contributed by atoms with E-state index in [-0.39, 0.29) is 76.6 Å². The van der Waals surface area contributed by atoms with Crippen LogP contribution in [0.4, 0.5) is 0 Å². The first-order valence-electron chi connectivity index (χ1n) is 18.0. The zero-order valence-electron chi connectivity index (χ0n) is 30.5. The average molecular weight is 727 g/mol. The minimum absolute atomic E-state index is 0. The van der Waals surface area contributed by atoms with Crippen LogP contribution in [0.1, 0.15) is 117 Å². The Morgan fingerprint density at radius 1 is 0.510 bits per heavy atom. The predicted molar refractivity (Wildman–Crippen MR) is 188 cm³/mol. The molecule has 0 aliphatic rings. The van der Waals surface area contributed by atoms with E-state index < -0.39 is 23.9 Å². The van der Waals surface area contributed by atoms with Gasteiger partial charge in [0.15, 0.2) is 0 Å². The molecule has 2 atom stereocenters. The largest absolute Gasteiger partial charge is 2.00 e. The van der Waals surface area contributed by atoms with Gasteiger partial charge in [-0.2, -0.15) is 0 Å². The Morgan fingerprint density at radius 2 is 0.837 bits per heavy atom. The third-order valence-corrected chi connectivity index (χ3v) is 8.49. The summed E-state index contributed by atoms with van der Waals surface area (Å²) in [4.78, 5) is 42.8. The van der Waals surface area contributed by atoms with Crippen LogP contribution >= 0.6 is 0 Å². The van der Waals surface area contributed by atoms with Crippen molar-refractivity contribution in [3.05, 3.63) is 24.3 Å². The number of aliphatic hydroxyl groups is 2. The van der Waals surface area contributed by atoms with Gasteiger partial charge < -0.3 is 49.2 Å². The van der Waals surface area contributed by atoms with Crippen LogP contribution in [-0.2, 0) is 19.2 Å². The molecule has 0 saturated heterocycles. The number of hydrogen-bond acceptors (Lipinski definition) is 8. The van der Waals surface area contributed by atoms with Crippen molar-refractivity contribution in [3.63, 3.8) is 0 Å². The molecule has 0 aromatic carbocycles. The number of allylic oxidation sites excluding steroid dienone is 2. The molecule has 280 valence electrons. The van der Waals surface area contributed by atoms with E-state index in [9.17, 15) is 39.6 Å². The smallest absolute Gasteiger partial charge is 0.550 e. The van der Waals surface area contributed by atoms with Gasteiger partial charge in [0.2, 0.25) is 0 Å². The zero-order chi connectivity index (χ0) is 36.5. The Labute approximate surface area is 325 Å². The van der Waals surface area contributed by atoms with E-state index in [0.717, 1.165) is 25.7 Å². The molecule has 0 aliphatic carbocycles. The van der Waals surface area contributed by atoms with Gasteiger partial charge in [-0.15, -0.1) is 0 Å². The topological polar surface area (TPSA) is 195 Å². The Hall–Kier alpha value is -1.54. The Balaban J connectivity index is -0.000000846. The summed E-state index contributed by atoms with van der Waals surface area (Å²) in [5.74, 6) is -3.81. The van der Waals surface area contributed by atoms with Crippen LogP contribution in [-0.4, -0.2) is 157 Å². The first-order valence-corrected chi connectivity index (χ1v) is 18.0. The zero-order valence-corrected chi connectivity index (χ0v) is 32.7. The van der Waals surface area contributed by atoms with E-state index in [0.29, 0.717) is 87.0 Å². The first-order chi connectivity index (χ1) is 22.9. The van der Waals surface area contributed by atoms with Crippen LogP contribution in [0.25, 0.3) is 0 Å². The molecule has 0 amide bonds. The number of carboxylic acids is 4. The van der Waals surface area contributed by atoms with Gasteiger partial charge in [0.1, 0.15) is 13.1 Å². The van der Waals surface area contributed by atoms with Crippen molar-refractivity contribution in [2.75, 3.05) is 65.6 Å². The molecule has 0 fully saturated rings. The maximum atomic E-state index is 10.8. The van der Waals surface area contributed by atoms with E-state index in [1.54, 1.807) is 0 Å². The number of nitrogens with zero attached hydrogens (tertiary/aromatic N) is 2. The summed E-state index contributed by atoms with van der Waals surface area (Å²) in [7, 11) is 0. The second-order valence-corrected chi connectivity index (χ2v) is 12.7. The van der Waals surface area contributed by atoms with Crippen LogP contribution in [0.15, 0.2) is 24.3 Å². The van der Waals surface area contributed by atoms with Crippen molar-refractivity contribution in [1.82, 2.24) is 0 Å². The summed E-state index contributed by atoms with van der Waals surface area (Å²) >= 11 is 0. The molecule has 0 bridgehead atoms. The normalized spacial score (nSPS) is 13.6. The number of hydrogen-bond donors (Lipinski definition) is 4. The molecule has 0 rings (SSSR count). The number of quaternary nitrogens is 2. The maximum Gasteiger partial charge on any atom is 2.00 e. The van der Waals surface area contributed by atoms with Crippen molar-refractivity contribution >= 4 is 61.6 Å². The van der Waals surface area contributed by atoms with Gasteiger partial charge in [0.25, 0.3) is 0 Å². The Bertz CT molecular complexity index is 802. The molecular formula is C36H66CaN2O10+2. The number of aliphatic hydroxyl groups excluding tert-OH is 2. The molecule has 4 N–H and O–H groups in total. The van der Waals surface area contributed by atoms with Gasteiger partial charge in [-0.3, -0.25) is 9.59 Å². The van der Waals surface area contributed by atoms with Gasteiger partial charge in [-0.05, 0) is 50.7 Å². The van der Waals surface area contributed by atoms with Gasteiger partial charge in [0.05, 0.1) is 65.3 Å². The third-order valence-electron chi connectivity index (χ3n) is 8.49. The fraction of sp³-hybridized carbons (Fsp3) is 0.778. The van der Waals surface area contributed by atoms with E-state index in [4.69, 9.17) is 10.2 Å². The average Bonchev–Trinajstić information content (AvgIpc) is 3.00. The first kappa shape index (κ1) is 51.8. The molecule has 0 aliphatic heterocycles. The number of carbonyl (C=O) groups is 4. The standard InChI is InChI=1S/2C18H33NO5.Ca/c2*1-2-3-4-5-6-7-12-19(15-16-20,13-8-10-17(21)22)14-9-11-18(23)24;/h2*6-7,20H,2-5,8-16H2,1H3,(H-,21,22,23,24);/q;;+2/b2*7-6+;. The van der Waals surface area contributed by atoms with Crippen LogP contribution in [0.5, 0.6) is 0 Å². The molecular weight excluding hydrogens is 660 g/mol. The number of rotatable bonds is 32. The molecule has 49 heavy (non-hydrogen) atoms. The fourth-order valence-corrected chi connectivity index (χ4v) is 5.75. The van der Waals surface area contributed by atoms with Crippen LogP contribution < -0.4 is 10.2 Å². The van der Waals surface area contributed by atoms with Crippen molar-refractivity contribution in [2.24, 2.45) is 0 Å². The Morgan fingerprint density at radius 3 is 1.10 bits per heavy atom. The molecule has 0 saturated carbocycles. The summed E-state index contributed by atoms with van der Waals surface area (Å²) in [5, 5.41) is 57.8. The molecule has 0 radical (unpaired) electrons. The van der Waals surface area contributed by atoms with E-state index in [2.05, 4.69) is 38.2 Å². The van der Waals surface area contributed by atoms with Crippen LogP contribution in [0, 0.1) is 0 Å². The van der Waals surface area contributed by atoms with E-state index in [1.165, 1.54) is 25.7 Å². The number of carbonyl (C=O) groups excluding carboxylic acids is 2. The third kappa shape index (κ3) is 33.4. The minimum Gasteiger partial charge on any atom is -0.550 e. The summed E-state index contributed by atoms with van der Waals surface area (Å²) in [6.45, 7) is 9.18. The van der Waals surface area contributed by atoms with Gasteiger partial charge in [0, 0.05) is 37.6 Å². The fourth-order valence-electron chi connectivity index (χ4n) is 5.75. The van der Waals surface area contributed by atoms with Gasteiger partial charge in [-0.1, -0.05) is 51.7 Å². The van der Waals surface area contributed by atoms with Crippen molar-refractivity contribution < 1.29 is 58.8 Å². The minimum atomic E-state index is -1.07. The van der Waals surface area contributed by atoms with Gasteiger partial charge >= 0.3 is 49.7 Å². The molecule has 13 heteroatoms. The Kier molecular flexibility index (Phi) is 36.9. The maximum absolute atomic E-state index is 10.8. The molecule has 0 aromatic heterocycles. The van der Waals surface area contributed by atoms with Crippen LogP contribution in [0.2, 0.25) is 0 Å². The van der Waals surface area contributed by atoms with Gasteiger partial charge in [-0.25, -0.2) is 0 Å². The summed E-state index contributed by atoms with van der Waals surface area (Å²) < 4.78 is 1.06. The number of unbranched alkanes of at least 4 members (excludes halogenated alkanes) is 6. The SMILES string of the molecule is CCCCC/C=C/C[N+](CCO)(CCCC(=O)[O-])CCCC(=O)O.CCCCC/C=C/C[N+](CCO)(CCCC(=O)[O-])CCCC(=O)O.[Ca+2]. The summed E-state index contributed by atoms with van der Waals surface area (Å²) in [6, 6.07) is 0. The molecule has 2 unspecified atom stereocenters. The predicted octanol–water partition coefficient (Wildman–Crippen LogP) is 2.27. The number of carboxylic acid groups (broad SMARTS) is 4. The van der Waals surface area contributed by atoms with Crippen molar-refractivity contribution in [1.29, 1.82) is 0 Å². The van der Waals surface area contributed by atoms with Crippen molar-refractivity contribution in [2.45, 2.75) is 117 Å². The second-order valence-electron chi connectivity index (χ2n) is 12.7. The van der Waals surface area contributed by atoms with E-state index >= 15 is 0 Å². The number of aliphatic carboxylic acids is 4. The quantitative estimate of drug-likeness (QED) is 0.0346. The second kappa shape index (κ2) is 34.9. The molecule has 0 heterocycles. The van der Waals surface area contributed by atoms with E-state index in [1.807, 2.05) is 0 Å². The molecule has 12 nitrogen and oxygen atoms in total. The van der Waals surface area contributed by atoms with Crippen molar-refractivity contribution in [3.8, 4) is 0 Å². The summed E-state index contributed by atoms with van der Waals surface area (Å²) in [5.41, 5.74) is 0. The molecule has 0 spiro atoms. The van der Waals surface area contributed by atoms with Crippen LogP contribution in [0.3, 0.4) is 0 Å².